The second-order valence-electron chi connectivity index (χ2n) is 6.71. The number of benzene rings is 2. The van der Waals surface area contributed by atoms with E-state index in [0.29, 0.717) is 12.2 Å². The van der Waals surface area contributed by atoms with Crippen molar-refractivity contribution in [2.24, 2.45) is 0 Å². The van der Waals surface area contributed by atoms with Gasteiger partial charge >= 0.3 is 0 Å². The Labute approximate surface area is 175 Å². The molecule has 0 radical (unpaired) electrons. The highest BCUT2D eigenvalue weighted by molar-refractivity contribution is 6.18. The maximum atomic E-state index is 11.4. The lowest BCUT2D eigenvalue weighted by molar-refractivity contribution is -0.120. The Hall–Kier alpha value is -2.96. The first-order valence-electron chi connectivity index (χ1n) is 9.29. The predicted octanol–water partition coefficient (Wildman–Crippen LogP) is 3.53. The number of hydrogen-bond acceptors (Lipinski definition) is 5. The molecule has 6 nitrogen and oxygen atoms in total. The molecule has 0 bridgehead atoms. The number of rotatable bonds is 8. The lowest BCUT2D eigenvalue weighted by Crippen LogP contribution is -2.44. The van der Waals surface area contributed by atoms with Crippen LogP contribution in [0.3, 0.4) is 0 Å². The number of aromatic nitrogens is 2. The molecule has 0 saturated carbocycles. The lowest BCUT2D eigenvalue weighted by atomic mass is 10.0. The molecule has 0 unspecified atom stereocenters. The molecule has 0 aliphatic rings. The lowest BCUT2D eigenvalue weighted by Gasteiger charge is -2.22. The molecular formula is C22H23ClN4O2. The van der Waals surface area contributed by atoms with E-state index in [1.54, 1.807) is 0 Å². The van der Waals surface area contributed by atoms with Gasteiger partial charge in [-0.15, -0.1) is 11.6 Å². The first-order chi connectivity index (χ1) is 14.0. The van der Waals surface area contributed by atoms with Crippen LogP contribution in [0.25, 0.3) is 11.3 Å². The van der Waals surface area contributed by atoms with Gasteiger partial charge in [0.15, 0.2) is 0 Å². The highest BCUT2D eigenvalue weighted by Crippen LogP contribution is 2.21. The van der Waals surface area contributed by atoms with E-state index < -0.39 is 12.1 Å². The molecule has 29 heavy (non-hydrogen) atoms. The highest BCUT2D eigenvalue weighted by Gasteiger charge is 2.19. The third kappa shape index (κ3) is 6.01. The maximum Gasteiger partial charge on any atom is 0.217 e. The van der Waals surface area contributed by atoms with Crippen molar-refractivity contribution >= 4 is 29.0 Å². The fraction of sp³-hybridized carbons (Fsp3) is 0.227. The highest BCUT2D eigenvalue weighted by atomic mass is 35.5. The van der Waals surface area contributed by atoms with E-state index in [9.17, 15) is 9.90 Å². The van der Waals surface area contributed by atoms with Gasteiger partial charge in [0.1, 0.15) is 12.1 Å². The van der Waals surface area contributed by atoms with Crippen LogP contribution in [0.2, 0.25) is 0 Å². The predicted molar refractivity (Wildman–Crippen MR) is 115 cm³/mol. The topological polar surface area (TPSA) is 87.1 Å². The quantitative estimate of drug-likeness (QED) is 0.494. The minimum absolute atomic E-state index is 0.0576. The summed E-state index contributed by atoms with van der Waals surface area (Å²) in [5.41, 5.74) is 3.72. The van der Waals surface area contributed by atoms with Gasteiger partial charge in [-0.25, -0.2) is 9.97 Å². The average Bonchev–Trinajstić information content (AvgIpc) is 2.74. The number of anilines is 2. The van der Waals surface area contributed by atoms with Crippen LogP contribution in [0.5, 0.6) is 0 Å². The molecule has 1 amide bonds. The van der Waals surface area contributed by atoms with Gasteiger partial charge in [-0.05, 0) is 24.1 Å². The van der Waals surface area contributed by atoms with Gasteiger partial charge in [-0.3, -0.25) is 4.79 Å². The summed E-state index contributed by atoms with van der Waals surface area (Å²) >= 11 is 5.75. The van der Waals surface area contributed by atoms with Crippen molar-refractivity contribution in [2.75, 3.05) is 11.2 Å². The van der Waals surface area contributed by atoms with Crippen molar-refractivity contribution < 1.29 is 9.90 Å². The molecule has 2 atom stereocenters. The minimum Gasteiger partial charge on any atom is -0.390 e. The zero-order chi connectivity index (χ0) is 20.6. The summed E-state index contributed by atoms with van der Waals surface area (Å²) in [6, 6.07) is 19.1. The summed E-state index contributed by atoms with van der Waals surface area (Å²) in [5.74, 6) is 0.554. The van der Waals surface area contributed by atoms with Crippen LogP contribution in [0.4, 0.5) is 11.5 Å². The number of nitrogens with one attached hydrogen (secondary N) is 2. The van der Waals surface area contributed by atoms with Crippen LogP contribution in [0.15, 0.2) is 67.0 Å². The maximum absolute atomic E-state index is 11.4. The van der Waals surface area contributed by atoms with Crippen LogP contribution in [0.1, 0.15) is 12.5 Å². The largest absolute Gasteiger partial charge is 0.390 e. The molecule has 1 aromatic heterocycles. The Balaban J connectivity index is 1.68. The van der Waals surface area contributed by atoms with Crippen molar-refractivity contribution in [1.29, 1.82) is 0 Å². The van der Waals surface area contributed by atoms with Crippen molar-refractivity contribution in [3.05, 3.63) is 72.6 Å². The average molecular weight is 411 g/mol. The number of amides is 1. The SMILES string of the molecule is CC(=O)N[C@@H](Cc1ccc(Nc2cc(-c3ccccc3)ncn2)cc1)[C@H](O)CCl. The molecular weight excluding hydrogens is 388 g/mol. The van der Waals surface area contributed by atoms with Gasteiger partial charge in [-0.1, -0.05) is 42.5 Å². The molecule has 0 fully saturated rings. The van der Waals surface area contributed by atoms with Crippen molar-refractivity contribution in [2.45, 2.75) is 25.5 Å². The molecule has 150 valence electrons. The number of hydrogen-bond donors (Lipinski definition) is 3. The zero-order valence-corrected chi connectivity index (χ0v) is 16.8. The molecule has 2 aromatic carbocycles. The Morgan fingerprint density at radius 2 is 1.83 bits per heavy atom. The van der Waals surface area contributed by atoms with E-state index in [1.165, 1.54) is 13.3 Å². The molecule has 0 aliphatic carbocycles. The molecule has 0 saturated heterocycles. The number of alkyl halides is 1. The summed E-state index contributed by atoms with van der Waals surface area (Å²) < 4.78 is 0. The fourth-order valence-electron chi connectivity index (χ4n) is 2.97. The third-order valence-electron chi connectivity index (χ3n) is 4.43. The second-order valence-corrected chi connectivity index (χ2v) is 7.02. The smallest absolute Gasteiger partial charge is 0.217 e. The summed E-state index contributed by atoms with van der Waals surface area (Å²) in [6.45, 7) is 1.42. The Morgan fingerprint density at radius 3 is 2.48 bits per heavy atom. The van der Waals surface area contributed by atoms with Crippen molar-refractivity contribution in [3.63, 3.8) is 0 Å². The zero-order valence-electron chi connectivity index (χ0n) is 16.0. The van der Waals surface area contributed by atoms with E-state index in [1.807, 2.05) is 60.7 Å². The molecule has 1 heterocycles. The normalized spacial score (nSPS) is 12.8. The van der Waals surface area contributed by atoms with E-state index in [0.717, 1.165) is 22.5 Å². The summed E-state index contributed by atoms with van der Waals surface area (Å²) in [6.07, 6.45) is 1.21. The van der Waals surface area contributed by atoms with Crippen LogP contribution >= 0.6 is 11.6 Å². The Morgan fingerprint density at radius 1 is 1.10 bits per heavy atom. The van der Waals surface area contributed by atoms with Gasteiger partial charge in [0, 0.05) is 24.2 Å². The molecule has 3 aromatic rings. The van der Waals surface area contributed by atoms with E-state index in [2.05, 4.69) is 20.6 Å². The Kier molecular flexibility index (Phi) is 7.16. The van der Waals surface area contributed by atoms with Gasteiger partial charge < -0.3 is 15.7 Å². The number of halogens is 1. The fourth-order valence-corrected chi connectivity index (χ4v) is 3.19. The minimum atomic E-state index is -0.809. The first kappa shape index (κ1) is 20.8. The van der Waals surface area contributed by atoms with Crippen LogP contribution in [-0.2, 0) is 11.2 Å². The van der Waals surface area contributed by atoms with Gasteiger partial charge in [-0.2, -0.15) is 0 Å². The first-order valence-corrected chi connectivity index (χ1v) is 9.83. The molecule has 0 aliphatic heterocycles. The van der Waals surface area contributed by atoms with E-state index >= 15 is 0 Å². The van der Waals surface area contributed by atoms with Crippen molar-refractivity contribution in [1.82, 2.24) is 15.3 Å². The van der Waals surface area contributed by atoms with E-state index in [4.69, 9.17) is 11.6 Å². The van der Waals surface area contributed by atoms with Crippen molar-refractivity contribution in [3.8, 4) is 11.3 Å². The van der Waals surface area contributed by atoms with Crippen LogP contribution in [-0.4, -0.2) is 39.0 Å². The van der Waals surface area contributed by atoms with Gasteiger partial charge in [0.25, 0.3) is 0 Å². The Bertz CT molecular complexity index is 935. The molecule has 7 heteroatoms. The molecule has 0 spiro atoms. The van der Waals surface area contributed by atoms with E-state index in [-0.39, 0.29) is 11.8 Å². The summed E-state index contributed by atoms with van der Waals surface area (Å²) in [4.78, 5) is 20.0. The monoisotopic (exact) mass is 410 g/mol. The third-order valence-corrected chi connectivity index (χ3v) is 4.75. The summed E-state index contributed by atoms with van der Waals surface area (Å²) in [5, 5.41) is 16.0. The number of nitrogens with zero attached hydrogens (tertiary/aromatic N) is 2. The molecule has 3 N–H and O–H groups in total. The van der Waals surface area contributed by atoms with Crippen LogP contribution in [0, 0.1) is 0 Å². The number of aliphatic hydroxyl groups is 1. The van der Waals surface area contributed by atoms with Gasteiger partial charge in [0.2, 0.25) is 5.91 Å². The number of aliphatic hydroxyl groups excluding tert-OH is 1. The van der Waals surface area contributed by atoms with Crippen LogP contribution < -0.4 is 10.6 Å². The molecule has 3 rings (SSSR count). The number of carbonyl (C=O) groups excluding carboxylic acids is 1. The second kappa shape index (κ2) is 10.0. The van der Waals surface area contributed by atoms with Gasteiger partial charge in [0.05, 0.1) is 23.7 Å². The summed E-state index contributed by atoms with van der Waals surface area (Å²) in [7, 11) is 0. The number of carbonyl (C=O) groups is 1. The standard InChI is InChI=1S/C22H23ClN4O2/c1-15(28)26-20(21(29)13-23)11-16-7-9-18(10-8-16)27-22-12-19(24-14-25-22)17-5-3-2-4-6-17/h2-10,12,14,20-21,29H,11,13H2,1H3,(H,26,28)(H,24,25,27)/t20-,21+/m0/s1.